The highest BCUT2D eigenvalue weighted by Gasteiger charge is 2.30. The van der Waals surface area contributed by atoms with E-state index in [0.29, 0.717) is 0 Å². The van der Waals surface area contributed by atoms with Crippen molar-refractivity contribution in [1.29, 1.82) is 0 Å². The van der Waals surface area contributed by atoms with Gasteiger partial charge in [-0.3, -0.25) is 4.79 Å². The molecule has 0 saturated carbocycles. The molecule has 0 aromatic heterocycles. The standard InChI is InChI=1S/C21H18BrOP/c1-17(23)21(22)24(18-11-5-2-6-12-18,19-13-7-3-8-14-19)20-15-9-4-10-16-20/h2-16H,1H3. The molecule has 0 spiro atoms. The fourth-order valence-corrected chi connectivity index (χ4v) is 8.73. The summed E-state index contributed by atoms with van der Waals surface area (Å²) >= 11 is 3.69. The molecular formula is C21H18BrOP. The molecule has 0 aliphatic heterocycles. The summed E-state index contributed by atoms with van der Waals surface area (Å²) in [5, 5.41) is 3.51. The van der Waals surface area contributed by atoms with Gasteiger partial charge in [-0.2, -0.15) is 0 Å². The van der Waals surface area contributed by atoms with Crippen molar-refractivity contribution in [2.75, 3.05) is 0 Å². The number of halogens is 1. The van der Waals surface area contributed by atoms with E-state index < -0.39 is 6.89 Å². The van der Waals surface area contributed by atoms with Crippen molar-refractivity contribution in [2.45, 2.75) is 6.92 Å². The lowest BCUT2D eigenvalue weighted by Crippen LogP contribution is -2.30. The smallest absolute Gasteiger partial charge is 0.167 e. The van der Waals surface area contributed by atoms with Crippen LogP contribution in [0, 0.1) is 0 Å². The third kappa shape index (κ3) is 2.92. The highest BCUT2D eigenvalue weighted by atomic mass is 79.9. The highest BCUT2D eigenvalue weighted by molar-refractivity contribution is 9.20. The van der Waals surface area contributed by atoms with Crippen molar-refractivity contribution in [3.63, 3.8) is 0 Å². The first-order valence-corrected chi connectivity index (χ1v) is 10.4. The minimum atomic E-state index is -2.22. The molecule has 0 heterocycles. The van der Waals surface area contributed by atoms with Gasteiger partial charge in [-0.1, -0.05) is 91.0 Å². The van der Waals surface area contributed by atoms with E-state index >= 15 is 0 Å². The van der Waals surface area contributed by atoms with Crippen LogP contribution < -0.4 is 15.9 Å². The summed E-state index contributed by atoms with van der Waals surface area (Å²) in [6.45, 7) is -0.584. The topological polar surface area (TPSA) is 17.1 Å². The Labute approximate surface area is 151 Å². The van der Waals surface area contributed by atoms with E-state index in [2.05, 4.69) is 52.3 Å². The van der Waals surface area contributed by atoms with Crippen LogP contribution in [0.4, 0.5) is 0 Å². The fourth-order valence-electron chi connectivity index (χ4n) is 2.98. The van der Waals surface area contributed by atoms with E-state index in [1.165, 1.54) is 15.9 Å². The number of carbonyl (C=O) groups is 1. The maximum atomic E-state index is 12.5. The maximum Gasteiger partial charge on any atom is 0.167 e. The van der Waals surface area contributed by atoms with Gasteiger partial charge in [0.15, 0.2) is 5.78 Å². The van der Waals surface area contributed by atoms with Crippen molar-refractivity contribution in [3.8, 4) is 0 Å². The van der Waals surface area contributed by atoms with Gasteiger partial charge in [0, 0.05) is 0 Å². The molecule has 0 atom stereocenters. The summed E-state index contributed by atoms with van der Waals surface area (Å²) in [6, 6.07) is 31.0. The second-order valence-electron chi connectivity index (χ2n) is 5.52. The first-order valence-electron chi connectivity index (χ1n) is 7.77. The van der Waals surface area contributed by atoms with Crippen LogP contribution >= 0.6 is 22.8 Å². The molecule has 3 heteroatoms. The van der Waals surface area contributed by atoms with Gasteiger partial charge in [-0.25, -0.2) is 0 Å². The van der Waals surface area contributed by atoms with E-state index in [1.807, 2.05) is 54.6 Å². The van der Waals surface area contributed by atoms with Crippen LogP contribution in [-0.2, 0) is 4.79 Å². The van der Waals surface area contributed by atoms with Gasteiger partial charge in [0.05, 0.1) is 4.20 Å². The summed E-state index contributed by atoms with van der Waals surface area (Å²) in [4.78, 5) is 12.5. The van der Waals surface area contributed by atoms with Crippen LogP contribution in [0.2, 0.25) is 0 Å². The predicted molar refractivity (Wildman–Crippen MR) is 110 cm³/mol. The quantitative estimate of drug-likeness (QED) is 0.606. The number of rotatable bonds is 4. The number of ketones is 1. The van der Waals surface area contributed by atoms with Crippen molar-refractivity contribution in [1.82, 2.24) is 0 Å². The summed E-state index contributed by atoms with van der Waals surface area (Å²) in [5.74, 6) is 0.0693. The Kier molecular flexibility index (Phi) is 5.18. The van der Waals surface area contributed by atoms with Crippen LogP contribution in [0.15, 0.2) is 91.0 Å². The van der Waals surface area contributed by atoms with Gasteiger partial charge in [0.1, 0.15) is 0 Å². The lowest BCUT2D eigenvalue weighted by atomic mass is 10.4. The van der Waals surface area contributed by atoms with Crippen LogP contribution in [0.5, 0.6) is 0 Å². The van der Waals surface area contributed by atoms with E-state index in [4.69, 9.17) is 0 Å². The average Bonchev–Trinajstić information content (AvgIpc) is 2.65. The predicted octanol–water partition coefficient (Wildman–Crippen LogP) is 4.09. The van der Waals surface area contributed by atoms with Crippen LogP contribution in [0.1, 0.15) is 6.92 Å². The van der Waals surface area contributed by atoms with E-state index in [0.717, 1.165) is 4.20 Å². The Hall–Kier alpha value is -1.89. The Morgan fingerprint density at radius 1 is 0.667 bits per heavy atom. The monoisotopic (exact) mass is 396 g/mol. The van der Waals surface area contributed by atoms with Gasteiger partial charge in [-0.15, -0.1) is 0 Å². The fraction of sp³-hybridized carbons (Fsp3) is 0.0476. The SMILES string of the molecule is CC(=O)C(Br)=P(c1ccccc1)(c1ccccc1)c1ccccc1. The number of carbonyl (C=O) groups excluding carboxylic acids is 1. The van der Waals surface area contributed by atoms with Crippen LogP contribution in [0.3, 0.4) is 0 Å². The molecule has 120 valence electrons. The number of hydrogen-bond acceptors (Lipinski definition) is 1. The number of benzene rings is 3. The molecule has 0 fully saturated rings. The van der Waals surface area contributed by atoms with Crippen LogP contribution in [0.25, 0.3) is 0 Å². The number of Topliss-reactive ketones (excluding diaryl/α,β-unsaturated/α-hetero) is 1. The zero-order chi connectivity index (χ0) is 17.0. The molecule has 3 rings (SSSR count). The van der Waals surface area contributed by atoms with E-state index in [9.17, 15) is 4.79 Å². The molecule has 0 radical (unpaired) electrons. The molecular weight excluding hydrogens is 379 g/mol. The van der Waals surface area contributed by atoms with Crippen molar-refractivity contribution in [3.05, 3.63) is 91.0 Å². The third-order valence-electron chi connectivity index (χ3n) is 4.02. The zero-order valence-corrected chi connectivity index (χ0v) is 15.9. The van der Waals surface area contributed by atoms with Crippen molar-refractivity contribution >= 4 is 48.7 Å². The largest absolute Gasteiger partial charge is 0.294 e. The van der Waals surface area contributed by atoms with Gasteiger partial charge in [-0.05, 0) is 45.7 Å². The second kappa shape index (κ2) is 7.34. The van der Waals surface area contributed by atoms with E-state index in [-0.39, 0.29) is 5.78 Å². The second-order valence-corrected chi connectivity index (χ2v) is 10.3. The minimum Gasteiger partial charge on any atom is -0.294 e. The molecule has 3 aromatic rings. The number of hydrogen-bond donors (Lipinski definition) is 0. The molecule has 0 bridgehead atoms. The summed E-state index contributed by atoms with van der Waals surface area (Å²) in [7, 11) is 0. The Balaban J connectivity index is 2.53. The molecule has 1 nitrogen and oxygen atoms in total. The zero-order valence-electron chi connectivity index (χ0n) is 13.4. The molecule has 0 N–H and O–H groups in total. The maximum absolute atomic E-state index is 12.5. The summed E-state index contributed by atoms with van der Waals surface area (Å²) < 4.78 is 0.749. The lowest BCUT2D eigenvalue weighted by molar-refractivity contribution is -0.110. The highest BCUT2D eigenvalue weighted by Crippen LogP contribution is 2.47. The molecule has 24 heavy (non-hydrogen) atoms. The van der Waals surface area contributed by atoms with E-state index in [1.54, 1.807) is 6.92 Å². The van der Waals surface area contributed by atoms with Crippen LogP contribution in [-0.4, -0.2) is 9.99 Å². The minimum absolute atomic E-state index is 0.0693. The average molecular weight is 397 g/mol. The normalized spacial score (nSPS) is 11.1. The summed E-state index contributed by atoms with van der Waals surface area (Å²) in [5.41, 5.74) is 0. The Morgan fingerprint density at radius 2 is 0.958 bits per heavy atom. The Bertz CT molecular complexity index is 783. The van der Waals surface area contributed by atoms with Crippen molar-refractivity contribution in [2.24, 2.45) is 0 Å². The molecule has 0 aliphatic rings. The molecule has 3 aromatic carbocycles. The third-order valence-corrected chi connectivity index (χ3v) is 10.3. The van der Waals surface area contributed by atoms with Gasteiger partial charge >= 0.3 is 0 Å². The van der Waals surface area contributed by atoms with Gasteiger partial charge in [0.2, 0.25) is 0 Å². The lowest BCUT2D eigenvalue weighted by Gasteiger charge is -2.30. The Morgan fingerprint density at radius 3 is 1.21 bits per heavy atom. The first kappa shape index (κ1) is 17.0. The molecule has 0 amide bonds. The summed E-state index contributed by atoms with van der Waals surface area (Å²) in [6.07, 6.45) is 0. The first-order chi connectivity index (χ1) is 11.7. The molecule has 0 unspecified atom stereocenters. The van der Waals surface area contributed by atoms with Gasteiger partial charge in [0.25, 0.3) is 0 Å². The van der Waals surface area contributed by atoms with Gasteiger partial charge < -0.3 is 0 Å². The molecule has 0 saturated heterocycles. The molecule has 0 aliphatic carbocycles. The van der Waals surface area contributed by atoms with Crippen molar-refractivity contribution < 1.29 is 4.79 Å².